The van der Waals surface area contributed by atoms with Gasteiger partial charge in [0.1, 0.15) is 17.3 Å². The van der Waals surface area contributed by atoms with E-state index in [1.807, 2.05) is 0 Å². The molecule has 0 bridgehead atoms. The first-order valence-electron chi connectivity index (χ1n) is 3.62. The maximum Gasteiger partial charge on any atom is 0.170 e. The Morgan fingerprint density at radius 1 is 1.21 bits per heavy atom. The topological polar surface area (TPSA) is 25.8 Å². The van der Waals surface area contributed by atoms with Crippen LogP contribution >= 0.6 is 23.3 Å². The highest BCUT2D eigenvalue weighted by atomic mass is 35.5. The second-order valence-corrected chi connectivity index (χ2v) is 3.41. The molecule has 1 heterocycles. The second kappa shape index (κ2) is 3.59. The van der Waals surface area contributed by atoms with E-state index in [0.29, 0.717) is 0 Å². The highest BCUT2D eigenvalue weighted by Gasteiger charge is 2.13. The molecule has 14 heavy (non-hydrogen) atoms. The third-order valence-electron chi connectivity index (χ3n) is 1.63. The van der Waals surface area contributed by atoms with Gasteiger partial charge in [-0.05, 0) is 18.2 Å². The molecule has 0 radical (unpaired) electrons. The van der Waals surface area contributed by atoms with E-state index in [9.17, 15) is 8.78 Å². The summed E-state index contributed by atoms with van der Waals surface area (Å²) >= 11 is 6.50. The fraction of sp³-hybridized carbons (Fsp3) is 0. The zero-order valence-electron chi connectivity index (χ0n) is 6.67. The molecule has 0 N–H and O–H groups in total. The zero-order chi connectivity index (χ0) is 10.1. The first kappa shape index (κ1) is 9.48. The van der Waals surface area contributed by atoms with Gasteiger partial charge in [0.05, 0.1) is 11.7 Å². The monoisotopic (exact) mass is 232 g/mol. The van der Waals surface area contributed by atoms with Crippen LogP contribution in [0.2, 0.25) is 5.15 Å². The van der Waals surface area contributed by atoms with Crippen molar-refractivity contribution in [1.29, 1.82) is 0 Å². The van der Waals surface area contributed by atoms with Crippen LogP contribution in [0.1, 0.15) is 0 Å². The van der Waals surface area contributed by atoms with Gasteiger partial charge in [-0.3, -0.25) is 0 Å². The van der Waals surface area contributed by atoms with Crippen molar-refractivity contribution >= 4 is 23.3 Å². The molecular weight excluding hydrogens is 230 g/mol. The van der Waals surface area contributed by atoms with Gasteiger partial charge in [0.15, 0.2) is 5.15 Å². The molecule has 0 unspecified atom stereocenters. The molecule has 2 nitrogen and oxygen atoms in total. The number of hydrogen-bond donors (Lipinski definition) is 0. The van der Waals surface area contributed by atoms with Crippen LogP contribution in [0.3, 0.4) is 0 Å². The highest BCUT2D eigenvalue weighted by Crippen LogP contribution is 2.28. The summed E-state index contributed by atoms with van der Waals surface area (Å²) in [6, 6.07) is 3.10. The van der Waals surface area contributed by atoms with Crippen molar-refractivity contribution in [2.75, 3.05) is 0 Å². The number of aromatic nitrogens is 2. The maximum atomic E-state index is 13.2. The van der Waals surface area contributed by atoms with Crippen molar-refractivity contribution in [3.05, 3.63) is 35.0 Å². The Morgan fingerprint density at radius 2 is 2.00 bits per heavy atom. The van der Waals surface area contributed by atoms with E-state index < -0.39 is 11.6 Å². The Balaban J connectivity index is 2.62. The molecule has 2 rings (SSSR count). The van der Waals surface area contributed by atoms with Crippen molar-refractivity contribution in [3.8, 4) is 11.3 Å². The molecule has 0 aliphatic carbocycles. The minimum absolute atomic E-state index is 0.0313. The summed E-state index contributed by atoms with van der Waals surface area (Å²) in [5.41, 5.74) is 0.206. The normalized spacial score (nSPS) is 10.5. The first-order chi connectivity index (χ1) is 6.68. The predicted molar refractivity (Wildman–Crippen MR) is 50.3 cm³/mol. The van der Waals surface area contributed by atoms with Gasteiger partial charge in [-0.25, -0.2) is 8.78 Å². The fourth-order valence-corrected chi connectivity index (χ4v) is 1.77. The Morgan fingerprint density at radius 3 is 2.64 bits per heavy atom. The number of nitrogens with zero attached hydrogens (tertiary/aromatic N) is 2. The molecule has 2 aromatic rings. The van der Waals surface area contributed by atoms with Gasteiger partial charge in [-0.2, -0.15) is 8.75 Å². The van der Waals surface area contributed by atoms with Crippen LogP contribution in [-0.2, 0) is 0 Å². The molecule has 0 saturated heterocycles. The molecular formula is C8H3ClF2N2S. The molecule has 0 fully saturated rings. The quantitative estimate of drug-likeness (QED) is 0.755. The lowest BCUT2D eigenvalue weighted by molar-refractivity contribution is 0.603. The van der Waals surface area contributed by atoms with E-state index in [-0.39, 0.29) is 16.4 Å². The van der Waals surface area contributed by atoms with Crippen molar-refractivity contribution in [1.82, 2.24) is 8.75 Å². The van der Waals surface area contributed by atoms with Crippen molar-refractivity contribution in [2.45, 2.75) is 0 Å². The molecule has 6 heteroatoms. The largest absolute Gasteiger partial charge is 0.207 e. The predicted octanol–water partition coefficient (Wildman–Crippen LogP) is 3.14. The minimum Gasteiger partial charge on any atom is -0.207 e. The lowest BCUT2D eigenvalue weighted by Gasteiger charge is -1.98. The Labute approximate surface area is 87.5 Å². The SMILES string of the molecule is Fc1ccc(F)c(-c2nsnc2Cl)c1. The molecule has 0 saturated carbocycles. The molecule has 1 aromatic heterocycles. The van der Waals surface area contributed by atoms with Crippen LogP contribution in [-0.4, -0.2) is 8.75 Å². The Bertz CT molecular complexity index is 472. The van der Waals surface area contributed by atoms with E-state index >= 15 is 0 Å². The van der Waals surface area contributed by atoms with Gasteiger partial charge < -0.3 is 0 Å². The summed E-state index contributed by atoms with van der Waals surface area (Å²) in [4.78, 5) is 0. The molecule has 72 valence electrons. The van der Waals surface area contributed by atoms with Crippen LogP contribution in [0.4, 0.5) is 8.78 Å². The van der Waals surface area contributed by atoms with Gasteiger partial charge in [-0.1, -0.05) is 11.6 Å². The van der Waals surface area contributed by atoms with Crippen LogP contribution in [0.5, 0.6) is 0 Å². The summed E-state index contributed by atoms with van der Waals surface area (Å²) < 4.78 is 33.5. The molecule has 0 atom stereocenters. The van der Waals surface area contributed by atoms with Crippen LogP contribution in [0.15, 0.2) is 18.2 Å². The van der Waals surface area contributed by atoms with Gasteiger partial charge >= 0.3 is 0 Å². The number of halogens is 3. The lowest BCUT2D eigenvalue weighted by Crippen LogP contribution is -1.86. The fourth-order valence-electron chi connectivity index (χ4n) is 1.02. The summed E-state index contributed by atoms with van der Waals surface area (Å²) in [6.07, 6.45) is 0. The number of hydrogen-bond acceptors (Lipinski definition) is 3. The minimum atomic E-state index is -0.569. The van der Waals surface area contributed by atoms with E-state index in [4.69, 9.17) is 11.6 Å². The smallest absolute Gasteiger partial charge is 0.170 e. The highest BCUT2D eigenvalue weighted by molar-refractivity contribution is 6.99. The van der Waals surface area contributed by atoms with E-state index in [0.717, 1.165) is 29.9 Å². The number of rotatable bonds is 1. The van der Waals surface area contributed by atoms with Gasteiger partial charge in [0.25, 0.3) is 0 Å². The van der Waals surface area contributed by atoms with Crippen molar-refractivity contribution in [2.24, 2.45) is 0 Å². The maximum absolute atomic E-state index is 13.2. The third-order valence-corrected chi connectivity index (χ3v) is 2.52. The number of benzene rings is 1. The van der Waals surface area contributed by atoms with Crippen LogP contribution in [0, 0.1) is 11.6 Å². The molecule has 0 aliphatic rings. The summed E-state index contributed by atoms with van der Waals surface area (Å²) in [5.74, 6) is -1.11. The van der Waals surface area contributed by atoms with E-state index in [2.05, 4.69) is 8.75 Å². The molecule has 1 aromatic carbocycles. The van der Waals surface area contributed by atoms with Crippen LogP contribution in [0.25, 0.3) is 11.3 Å². The van der Waals surface area contributed by atoms with Gasteiger partial charge in [0.2, 0.25) is 0 Å². The second-order valence-electron chi connectivity index (χ2n) is 2.53. The van der Waals surface area contributed by atoms with Gasteiger partial charge in [-0.15, -0.1) is 0 Å². The van der Waals surface area contributed by atoms with Crippen molar-refractivity contribution in [3.63, 3.8) is 0 Å². The summed E-state index contributed by atoms with van der Waals surface area (Å²) in [5, 5.41) is 0.0829. The molecule has 0 spiro atoms. The van der Waals surface area contributed by atoms with Gasteiger partial charge in [0, 0.05) is 5.56 Å². The lowest BCUT2D eigenvalue weighted by atomic mass is 10.1. The summed E-state index contributed by atoms with van der Waals surface area (Å²) in [6.45, 7) is 0. The average Bonchev–Trinajstić information content (AvgIpc) is 2.56. The first-order valence-corrected chi connectivity index (χ1v) is 4.73. The zero-order valence-corrected chi connectivity index (χ0v) is 8.24. The average molecular weight is 233 g/mol. The summed E-state index contributed by atoms with van der Waals surface area (Å²) in [7, 11) is 0. The Hall–Kier alpha value is -1.07. The third kappa shape index (κ3) is 1.60. The van der Waals surface area contributed by atoms with E-state index in [1.165, 1.54) is 0 Å². The molecule has 0 amide bonds. The van der Waals surface area contributed by atoms with Crippen molar-refractivity contribution < 1.29 is 8.78 Å². The Kier molecular flexibility index (Phi) is 2.43. The standard InChI is InChI=1S/C8H3ClF2N2S/c9-8-7(12-14-13-8)5-3-4(10)1-2-6(5)11/h1-3H. The van der Waals surface area contributed by atoms with E-state index in [1.54, 1.807) is 0 Å². The molecule has 0 aliphatic heterocycles. The van der Waals surface area contributed by atoms with Crippen LogP contribution < -0.4 is 0 Å².